The number of aryl methyl sites for hydroxylation is 1. The number of hydrogen-bond donors (Lipinski definition) is 0. The summed E-state index contributed by atoms with van der Waals surface area (Å²) >= 11 is 0. The molecular weight excluding hydrogens is 266 g/mol. The van der Waals surface area contributed by atoms with Crippen LogP contribution < -0.4 is 0 Å². The van der Waals surface area contributed by atoms with Crippen LogP contribution in [0.5, 0.6) is 0 Å². The smallest absolute Gasteiger partial charge is 0.163 e. The summed E-state index contributed by atoms with van der Waals surface area (Å²) in [6.07, 6.45) is 3.13. The second kappa shape index (κ2) is 5.36. The monoisotopic (exact) mass is 281 g/mol. The van der Waals surface area contributed by atoms with Gasteiger partial charge in [-0.1, -0.05) is 30.3 Å². The van der Waals surface area contributed by atoms with E-state index in [0.29, 0.717) is 17.1 Å². The van der Waals surface area contributed by atoms with Gasteiger partial charge in [0.15, 0.2) is 5.78 Å². The maximum absolute atomic E-state index is 11.6. The fourth-order valence-corrected chi connectivity index (χ4v) is 2.42. The first-order valence-corrected chi connectivity index (χ1v) is 6.67. The van der Waals surface area contributed by atoms with Gasteiger partial charge in [-0.15, -0.1) is 0 Å². The van der Waals surface area contributed by atoms with Gasteiger partial charge in [0.05, 0.1) is 5.56 Å². The minimum absolute atomic E-state index is 0.00657. The number of aromatic nitrogens is 3. The lowest BCUT2D eigenvalue weighted by Gasteiger charge is -2.15. The zero-order valence-electron chi connectivity index (χ0n) is 11.9. The SMILES string of the molecule is CC(=O)c1cc(C(c2ccccc2)n2cncn2)oc1C. The average Bonchev–Trinajstić information content (AvgIpc) is 3.11. The van der Waals surface area contributed by atoms with Crippen LogP contribution in [0, 0.1) is 6.92 Å². The molecular formula is C16H15N3O2. The third kappa shape index (κ3) is 2.50. The van der Waals surface area contributed by atoms with Crippen LogP contribution in [0.25, 0.3) is 0 Å². The summed E-state index contributed by atoms with van der Waals surface area (Å²) in [6.45, 7) is 3.33. The Hall–Kier alpha value is -2.69. The van der Waals surface area contributed by atoms with Crippen molar-refractivity contribution in [2.45, 2.75) is 19.9 Å². The van der Waals surface area contributed by atoms with Gasteiger partial charge in [-0.2, -0.15) is 5.10 Å². The molecule has 3 rings (SSSR count). The Morgan fingerprint density at radius 2 is 2.05 bits per heavy atom. The Morgan fingerprint density at radius 1 is 1.29 bits per heavy atom. The van der Waals surface area contributed by atoms with Gasteiger partial charge in [0, 0.05) is 0 Å². The highest BCUT2D eigenvalue weighted by Crippen LogP contribution is 2.29. The van der Waals surface area contributed by atoms with Crippen molar-refractivity contribution in [2.24, 2.45) is 0 Å². The molecule has 0 aliphatic rings. The third-order valence-electron chi connectivity index (χ3n) is 3.40. The Morgan fingerprint density at radius 3 is 2.62 bits per heavy atom. The molecule has 0 bridgehead atoms. The van der Waals surface area contributed by atoms with Crippen LogP contribution in [-0.4, -0.2) is 20.5 Å². The second-order valence-electron chi connectivity index (χ2n) is 4.86. The average molecular weight is 281 g/mol. The Labute approximate surface area is 122 Å². The molecule has 0 aliphatic carbocycles. The number of Topliss-reactive ketones (excluding diaryl/α,β-unsaturated/α-hetero) is 1. The number of rotatable bonds is 4. The largest absolute Gasteiger partial charge is 0.463 e. The van der Waals surface area contributed by atoms with Crippen molar-refractivity contribution >= 4 is 5.78 Å². The molecule has 3 aromatic rings. The molecule has 0 fully saturated rings. The van der Waals surface area contributed by atoms with Crippen LogP contribution in [0.2, 0.25) is 0 Å². The summed E-state index contributed by atoms with van der Waals surface area (Å²) in [7, 11) is 0. The molecule has 0 N–H and O–H groups in total. The van der Waals surface area contributed by atoms with E-state index in [9.17, 15) is 4.79 Å². The van der Waals surface area contributed by atoms with Crippen LogP contribution in [0.4, 0.5) is 0 Å². The van der Waals surface area contributed by atoms with Gasteiger partial charge in [-0.3, -0.25) is 4.79 Å². The molecule has 1 aromatic carbocycles. The van der Waals surface area contributed by atoms with Crippen LogP contribution in [0.15, 0.2) is 53.5 Å². The molecule has 5 nitrogen and oxygen atoms in total. The maximum atomic E-state index is 11.6. The molecule has 2 aromatic heterocycles. The number of furan rings is 1. The number of carbonyl (C=O) groups excluding carboxylic acids is 1. The predicted octanol–water partition coefficient (Wildman–Crippen LogP) is 3.02. The molecule has 0 spiro atoms. The molecule has 5 heteroatoms. The fraction of sp³-hybridized carbons (Fsp3) is 0.188. The van der Waals surface area contributed by atoms with Crippen LogP contribution in [-0.2, 0) is 0 Å². The van der Waals surface area contributed by atoms with Gasteiger partial charge >= 0.3 is 0 Å². The highest BCUT2D eigenvalue weighted by Gasteiger charge is 2.23. The van der Waals surface area contributed by atoms with E-state index in [1.807, 2.05) is 30.3 Å². The first-order chi connectivity index (χ1) is 10.2. The van der Waals surface area contributed by atoms with E-state index >= 15 is 0 Å². The third-order valence-corrected chi connectivity index (χ3v) is 3.40. The van der Waals surface area contributed by atoms with Gasteiger partial charge in [0.2, 0.25) is 0 Å². The normalized spacial score (nSPS) is 12.3. The summed E-state index contributed by atoms with van der Waals surface area (Å²) in [5.74, 6) is 1.29. The number of ketones is 1. The van der Waals surface area contributed by atoms with E-state index in [1.165, 1.54) is 13.3 Å². The van der Waals surface area contributed by atoms with E-state index in [4.69, 9.17) is 4.42 Å². The number of hydrogen-bond acceptors (Lipinski definition) is 4. The molecule has 21 heavy (non-hydrogen) atoms. The summed E-state index contributed by atoms with van der Waals surface area (Å²) < 4.78 is 7.53. The van der Waals surface area contributed by atoms with E-state index in [1.54, 1.807) is 24.0 Å². The number of benzene rings is 1. The zero-order chi connectivity index (χ0) is 14.8. The molecule has 1 atom stereocenters. The highest BCUT2D eigenvalue weighted by atomic mass is 16.3. The molecule has 106 valence electrons. The molecule has 0 amide bonds. The maximum Gasteiger partial charge on any atom is 0.163 e. The fourth-order valence-electron chi connectivity index (χ4n) is 2.42. The summed E-state index contributed by atoms with van der Waals surface area (Å²) in [5.41, 5.74) is 1.62. The first kappa shape index (κ1) is 13.3. The van der Waals surface area contributed by atoms with Gasteiger partial charge in [0.1, 0.15) is 30.2 Å². The lowest BCUT2D eigenvalue weighted by molar-refractivity contribution is 0.101. The molecule has 0 aliphatic heterocycles. The van der Waals surface area contributed by atoms with Crippen molar-refractivity contribution < 1.29 is 9.21 Å². The van der Waals surface area contributed by atoms with Crippen LogP contribution >= 0.6 is 0 Å². The van der Waals surface area contributed by atoms with Crippen molar-refractivity contribution in [2.75, 3.05) is 0 Å². The molecule has 0 saturated carbocycles. The lowest BCUT2D eigenvalue weighted by Crippen LogP contribution is -2.12. The lowest BCUT2D eigenvalue weighted by atomic mass is 10.0. The number of carbonyl (C=O) groups is 1. The molecule has 1 unspecified atom stereocenters. The quantitative estimate of drug-likeness (QED) is 0.690. The molecule has 0 radical (unpaired) electrons. The highest BCUT2D eigenvalue weighted by molar-refractivity contribution is 5.95. The van der Waals surface area contributed by atoms with Crippen molar-refractivity contribution in [1.82, 2.24) is 14.8 Å². The summed E-state index contributed by atoms with van der Waals surface area (Å²) in [5, 5.41) is 4.21. The standard InChI is InChI=1S/C16H15N3O2/c1-11(20)14-8-15(21-12(14)2)16(19-10-17-9-18-19)13-6-4-3-5-7-13/h3-10,16H,1-2H3. The Balaban J connectivity index is 2.12. The van der Waals surface area contributed by atoms with E-state index in [2.05, 4.69) is 10.1 Å². The van der Waals surface area contributed by atoms with Crippen molar-refractivity contribution in [3.05, 3.63) is 71.7 Å². The van der Waals surface area contributed by atoms with E-state index < -0.39 is 0 Å². The zero-order valence-corrected chi connectivity index (χ0v) is 11.9. The van der Waals surface area contributed by atoms with Crippen LogP contribution in [0.1, 0.15) is 40.4 Å². The summed E-state index contributed by atoms with van der Waals surface area (Å²) in [6, 6.07) is 11.4. The minimum atomic E-state index is -0.236. The molecule has 2 heterocycles. The minimum Gasteiger partial charge on any atom is -0.463 e. The van der Waals surface area contributed by atoms with E-state index in [-0.39, 0.29) is 11.8 Å². The van der Waals surface area contributed by atoms with Crippen LogP contribution in [0.3, 0.4) is 0 Å². The van der Waals surface area contributed by atoms with Crippen molar-refractivity contribution in [3.8, 4) is 0 Å². The van der Waals surface area contributed by atoms with Gasteiger partial charge in [-0.05, 0) is 25.5 Å². The Bertz CT molecular complexity index is 745. The van der Waals surface area contributed by atoms with Crippen molar-refractivity contribution in [1.29, 1.82) is 0 Å². The topological polar surface area (TPSA) is 60.9 Å². The second-order valence-corrected chi connectivity index (χ2v) is 4.86. The van der Waals surface area contributed by atoms with Gasteiger partial charge in [-0.25, -0.2) is 9.67 Å². The predicted molar refractivity (Wildman–Crippen MR) is 77.2 cm³/mol. The molecule has 0 saturated heterocycles. The van der Waals surface area contributed by atoms with Crippen molar-refractivity contribution in [3.63, 3.8) is 0 Å². The van der Waals surface area contributed by atoms with Gasteiger partial charge < -0.3 is 4.42 Å². The summed E-state index contributed by atoms with van der Waals surface area (Å²) in [4.78, 5) is 15.6. The van der Waals surface area contributed by atoms with Gasteiger partial charge in [0.25, 0.3) is 0 Å². The van der Waals surface area contributed by atoms with E-state index in [0.717, 1.165) is 5.56 Å². The Kier molecular flexibility index (Phi) is 3.39. The number of nitrogens with zero attached hydrogens (tertiary/aromatic N) is 3. The first-order valence-electron chi connectivity index (χ1n) is 6.67.